The van der Waals surface area contributed by atoms with E-state index < -0.39 is 10.0 Å². The molecule has 4 nitrogen and oxygen atoms in total. The number of halogens is 1. The van der Waals surface area contributed by atoms with Crippen molar-refractivity contribution in [1.82, 2.24) is 4.72 Å². The van der Waals surface area contributed by atoms with Crippen LogP contribution in [0, 0.1) is 5.92 Å². The quantitative estimate of drug-likeness (QED) is 0.877. The first-order chi connectivity index (χ1) is 9.44. The van der Waals surface area contributed by atoms with Crippen LogP contribution in [-0.4, -0.2) is 14.5 Å². The molecule has 1 aliphatic rings. The molecule has 6 heteroatoms. The Labute approximate surface area is 125 Å². The zero-order chi connectivity index (χ0) is 14.8. The number of nitrogens with one attached hydrogen (secondary N) is 1. The summed E-state index contributed by atoms with van der Waals surface area (Å²) in [5, 5.41) is 0.230. The normalized spacial score (nSPS) is 18.4. The van der Waals surface area contributed by atoms with Gasteiger partial charge in [-0.1, -0.05) is 30.5 Å². The Morgan fingerprint density at radius 3 is 2.65 bits per heavy atom. The average Bonchev–Trinajstić information content (AvgIpc) is 2.92. The minimum absolute atomic E-state index is 0.0694. The largest absolute Gasteiger partial charge is 0.326 e. The number of sulfonamides is 1. The predicted molar refractivity (Wildman–Crippen MR) is 81.1 cm³/mol. The van der Waals surface area contributed by atoms with Gasteiger partial charge in [-0.25, -0.2) is 13.1 Å². The van der Waals surface area contributed by atoms with Crippen molar-refractivity contribution >= 4 is 21.6 Å². The van der Waals surface area contributed by atoms with Gasteiger partial charge in [-0.3, -0.25) is 0 Å². The lowest BCUT2D eigenvalue weighted by Crippen LogP contribution is -2.37. The van der Waals surface area contributed by atoms with Gasteiger partial charge in [0.1, 0.15) is 4.90 Å². The van der Waals surface area contributed by atoms with Gasteiger partial charge >= 0.3 is 0 Å². The van der Waals surface area contributed by atoms with Gasteiger partial charge < -0.3 is 5.73 Å². The highest BCUT2D eigenvalue weighted by atomic mass is 35.5. The monoisotopic (exact) mass is 316 g/mol. The molecule has 0 saturated heterocycles. The number of hydrogen-bond donors (Lipinski definition) is 2. The van der Waals surface area contributed by atoms with E-state index in [1.54, 1.807) is 18.2 Å². The van der Waals surface area contributed by atoms with Gasteiger partial charge in [-0.15, -0.1) is 0 Å². The Bertz CT molecular complexity index is 569. The van der Waals surface area contributed by atoms with Crippen molar-refractivity contribution in [1.29, 1.82) is 0 Å². The Morgan fingerprint density at radius 2 is 2.05 bits per heavy atom. The van der Waals surface area contributed by atoms with Gasteiger partial charge in [0.2, 0.25) is 10.0 Å². The summed E-state index contributed by atoms with van der Waals surface area (Å²) in [5.74, 6) is 0.418. The predicted octanol–water partition coefficient (Wildman–Crippen LogP) is 2.66. The lowest BCUT2D eigenvalue weighted by atomic mass is 10.0. The molecule has 1 atom stereocenters. The fourth-order valence-electron chi connectivity index (χ4n) is 2.74. The number of rotatable bonds is 5. The Hall–Kier alpha value is -0.620. The van der Waals surface area contributed by atoms with E-state index in [0.717, 1.165) is 18.4 Å². The second-order valence-electron chi connectivity index (χ2n) is 5.42. The van der Waals surface area contributed by atoms with Crippen LogP contribution in [0.25, 0.3) is 0 Å². The van der Waals surface area contributed by atoms with Crippen molar-refractivity contribution in [3.05, 3.63) is 28.8 Å². The summed E-state index contributed by atoms with van der Waals surface area (Å²) in [6, 6.07) is 4.80. The maximum atomic E-state index is 12.5. The average molecular weight is 317 g/mol. The molecule has 1 aliphatic carbocycles. The van der Waals surface area contributed by atoms with Crippen LogP contribution in [-0.2, 0) is 16.6 Å². The Morgan fingerprint density at radius 1 is 1.40 bits per heavy atom. The van der Waals surface area contributed by atoms with Crippen molar-refractivity contribution in [3.8, 4) is 0 Å². The molecule has 0 heterocycles. The zero-order valence-electron chi connectivity index (χ0n) is 11.6. The molecular weight excluding hydrogens is 296 g/mol. The van der Waals surface area contributed by atoms with E-state index in [0.29, 0.717) is 5.92 Å². The first-order valence-electron chi connectivity index (χ1n) is 6.95. The van der Waals surface area contributed by atoms with Crippen molar-refractivity contribution in [2.45, 2.75) is 50.1 Å². The van der Waals surface area contributed by atoms with E-state index in [4.69, 9.17) is 17.3 Å². The second-order valence-corrected chi connectivity index (χ2v) is 7.51. The zero-order valence-corrected chi connectivity index (χ0v) is 13.2. The summed E-state index contributed by atoms with van der Waals surface area (Å²) in [6.07, 6.45) is 4.53. The van der Waals surface area contributed by atoms with Gasteiger partial charge in [0, 0.05) is 12.6 Å². The molecular formula is C14H21ClN2O2S. The fraction of sp³-hybridized carbons (Fsp3) is 0.571. The molecule has 1 aromatic rings. The molecule has 0 bridgehead atoms. The van der Waals surface area contributed by atoms with Crippen LogP contribution >= 0.6 is 11.6 Å². The highest BCUT2D eigenvalue weighted by molar-refractivity contribution is 7.89. The number of nitrogens with two attached hydrogens (primary N) is 1. The minimum Gasteiger partial charge on any atom is -0.326 e. The van der Waals surface area contributed by atoms with E-state index in [9.17, 15) is 8.42 Å². The molecule has 0 radical (unpaired) electrons. The van der Waals surface area contributed by atoms with E-state index in [-0.39, 0.29) is 22.5 Å². The third kappa shape index (κ3) is 3.52. The van der Waals surface area contributed by atoms with Gasteiger partial charge in [0.25, 0.3) is 0 Å². The summed E-state index contributed by atoms with van der Waals surface area (Å²) in [4.78, 5) is 0.118. The first kappa shape index (κ1) is 15.8. The van der Waals surface area contributed by atoms with Gasteiger partial charge in [-0.05, 0) is 43.4 Å². The summed E-state index contributed by atoms with van der Waals surface area (Å²) < 4.78 is 27.7. The Kier molecular flexibility index (Phi) is 5.07. The van der Waals surface area contributed by atoms with E-state index >= 15 is 0 Å². The topological polar surface area (TPSA) is 72.2 Å². The lowest BCUT2D eigenvalue weighted by Gasteiger charge is -2.20. The Balaban J connectivity index is 2.21. The molecule has 0 aliphatic heterocycles. The third-order valence-electron chi connectivity index (χ3n) is 3.97. The molecule has 1 aromatic carbocycles. The highest BCUT2D eigenvalue weighted by Gasteiger charge is 2.27. The molecule has 0 aromatic heterocycles. The van der Waals surface area contributed by atoms with Crippen LogP contribution in [0.1, 0.15) is 38.2 Å². The van der Waals surface area contributed by atoms with Crippen molar-refractivity contribution in [2.24, 2.45) is 11.7 Å². The summed E-state index contributed by atoms with van der Waals surface area (Å²) >= 11 is 6.02. The smallest absolute Gasteiger partial charge is 0.242 e. The molecule has 0 spiro atoms. The van der Waals surface area contributed by atoms with Gasteiger partial charge in [-0.2, -0.15) is 0 Å². The minimum atomic E-state index is -3.60. The second kappa shape index (κ2) is 6.43. The fourth-order valence-corrected chi connectivity index (χ4v) is 4.60. The van der Waals surface area contributed by atoms with E-state index in [1.807, 2.05) is 6.92 Å². The molecule has 20 heavy (non-hydrogen) atoms. The van der Waals surface area contributed by atoms with Crippen LogP contribution < -0.4 is 10.5 Å². The molecule has 1 fully saturated rings. The standard InChI is InChI=1S/C14H21ClN2O2S/c1-10(12-4-2-3-5-12)17-20(18,19)14-8-11(9-16)6-7-13(14)15/h6-8,10,12,17H,2-5,9,16H2,1H3. The molecule has 112 valence electrons. The SMILES string of the molecule is CC(NS(=O)(=O)c1cc(CN)ccc1Cl)C1CCCC1. The van der Waals surface area contributed by atoms with Crippen molar-refractivity contribution in [3.63, 3.8) is 0 Å². The van der Waals surface area contributed by atoms with E-state index in [2.05, 4.69) is 4.72 Å². The van der Waals surface area contributed by atoms with Crippen LogP contribution in [0.15, 0.2) is 23.1 Å². The van der Waals surface area contributed by atoms with Gasteiger partial charge in [0.05, 0.1) is 5.02 Å². The van der Waals surface area contributed by atoms with Crippen LogP contribution in [0.3, 0.4) is 0 Å². The maximum Gasteiger partial charge on any atom is 0.242 e. The number of hydrogen-bond acceptors (Lipinski definition) is 3. The molecule has 1 saturated carbocycles. The van der Waals surface area contributed by atoms with Crippen molar-refractivity contribution < 1.29 is 8.42 Å². The first-order valence-corrected chi connectivity index (χ1v) is 8.81. The lowest BCUT2D eigenvalue weighted by molar-refractivity contribution is 0.424. The number of benzene rings is 1. The highest BCUT2D eigenvalue weighted by Crippen LogP contribution is 2.29. The molecule has 0 amide bonds. The summed E-state index contributed by atoms with van der Waals surface area (Å²) in [7, 11) is -3.60. The van der Waals surface area contributed by atoms with Crippen LogP contribution in [0.5, 0.6) is 0 Å². The van der Waals surface area contributed by atoms with Crippen LogP contribution in [0.2, 0.25) is 5.02 Å². The van der Waals surface area contributed by atoms with Gasteiger partial charge in [0.15, 0.2) is 0 Å². The van der Waals surface area contributed by atoms with Crippen LogP contribution in [0.4, 0.5) is 0 Å². The molecule has 2 rings (SSSR count). The molecule has 3 N–H and O–H groups in total. The van der Waals surface area contributed by atoms with Crippen molar-refractivity contribution in [2.75, 3.05) is 0 Å². The summed E-state index contributed by atoms with van der Waals surface area (Å²) in [5.41, 5.74) is 6.31. The maximum absolute atomic E-state index is 12.5. The third-order valence-corrected chi connectivity index (χ3v) is 6.01. The van der Waals surface area contributed by atoms with E-state index in [1.165, 1.54) is 12.8 Å². The molecule has 1 unspecified atom stereocenters. The summed E-state index contributed by atoms with van der Waals surface area (Å²) in [6.45, 7) is 2.21.